The minimum absolute atomic E-state index is 0.162. The number of benzene rings is 1. The Labute approximate surface area is 205 Å². The van der Waals surface area contributed by atoms with Gasteiger partial charge in [-0.2, -0.15) is 0 Å². The van der Waals surface area contributed by atoms with Crippen LogP contribution in [0.25, 0.3) is 0 Å². The van der Waals surface area contributed by atoms with Gasteiger partial charge in [0.15, 0.2) is 5.94 Å². The van der Waals surface area contributed by atoms with Crippen LogP contribution in [0.2, 0.25) is 0 Å². The number of amides is 1. The second-order valence-corrected chi connectivity index (χ2v) is 10.6. The van der Waals surface area contributed by atoms with Crippen molar-refractivity contribution in [3.05, 3.63) is 59.8 Å². The SMILES string of the molecule is O=C(N[C@H](CCN1CCC(O)CC1)c1ccc(N2CCOCS2(=O)=O)nc1)OCc1ccccc1. The third-order valence-corrected chi connectivity index (χ3v) is 7.74. The smallest absolute Gasteiger partial charge is 0.407 e. The zero-order valence-electron chi connectivity index (χ0n) is 19.6. The summed E-state index contributed by atoms with van der Waals surface area (Å²) in [6.45, 7) is 3.02. The number of aliphatic hydroxyl groups is 1. The van der Waals surface area contributed by atoms with Gasteiger partial charge in [0.1, 0.15) is 12.4 Å². The van der Waals surface area contributed by atoms with Crippen molar-refractivity contribution in [2.24, 2.45) is 0 Å². The molecule has 2 N–H and O–H groups in total. The fourth-order valence-corrected chi connectivity index (χ4v) is 5.41. The van der Waals surface area contributed by atoms with Crippen molar-refractivity contribution in [3.63, 3.8) is 0 Å². The Bertz CT molecular complexity index is 1060. The molecule has 3 heterocycles. The van der Waals surface area contributed by atoms with Gasteiger partial charge in [0.2, 0.25) is 0 Å². The van der Waals surface area contributed by atoms with Gasteiger partial charge < -0.3 is 24.8 Å². The second-order valence-electron chi connectivity index (χ2n) is 8.78. The van der Waals surface area contributed by atoms with E-state index < -0.39 is 16.1 Å². The minimum Gasteiger partial charge on any atom is -0.445 e. The topological polar surface area (TPSA) is 121 Å². The number of alkyl carbamates (subject to hydrolysis) is 1. The molecule has 190 valence electrons. The Morgan fingerprint density at radius 3 is 2.63 bits per heavy atom. The van der Waals surface area contributed by atoms with E-state index in [1.54, 1.807) is 18.3 Å². The summed E-state index contributed by atoms with van der Waals surface area (Å²) in [5, 5.41) is 12.7. The molecule has 2 saturated heterocycles. The maximum absolute atomic E-state index is 12.6. The molecule has 0 radical (unpaired) electrons. The van der Waals surface area contributed by atoms with Crippen molar-refractivity contribution in [3.8, 4) is 0 Å². The first kappa shape index (κ1) is 25.4. The van der Waals surface area contributed by atoms with E-state index in [4.69, 9.17) is 9.47 Å². The van der Waals surface area contributed by atoms with Gasteiger partial charge in [-0.15, -0.1) is 0 Å². The van der Waals surface area contributed by atoms with Crippen LogP contribution in [0.5, 0.6) is 0 Å². The number of piperidine rings is 1. The van der Waals surface area contributed by atoms with E-state index in [0.29, 0.717) is 18.8 Å². The average molecular weight is 505 g/mol. The molecule has 35 heavy (non-hydrogen) atoms. The number of nitrogens with one attached hydrogen (secondary N) is 1. The molecule has 1 aromatic carbocycles. The Morgan fingerprint density at radius 1 is 1.17 bits per heavy atom. The number of hydrogen-bond donors (Lipinski definition) is 2. The first-order valence-corrected chi connectivity index (χ1v) is 13.4. The Kier molecular flexibility index (Phi) is 8.55. The number of aliphatic hydroxyl groups excluding tert-OH is 1. The molecule has 1 atom stereocenters. The van der Waals surface area contributed by atoms with Crippen LogP contribution in [0.1, 0.15) is 36.4 Å². The number of nitrogens with zero attached hydrogens (tertiary/aromatic N) is 3. The molecule has 0 saturated carbocycles. The fourth-order valence-electron chi connectivity index (χ4n) is 4.21. The monoisotopic (exact) mass is 504 g/mol. The van der Waals surface area contributed by atoms with Gasteiger partial charge in [0, 0.05) is 25.8 Å². The van der Waals surface area contributed by atoms with Gasteiger partial charge in [-0.25, -0.2) is 22.5 Å². The van der Waals surface area contributed by atoms with Crippen molar-refractivity contribution in [2.75, 3.05) is 43.0 Å². The summed E-state index contributed by atoms with van der Waals surface area (Å²) < 4.78 is 36.3. The number of carbonyl (C=O) groups excluding carboxylic acids is 1. The van der Waals surface area contributed by atoms with Crippen molar-refractivity contribution in [2.45, 2.75) is 38.0 Å². The molecule has 4 rings (SSSR count). The molecule has 2 aromatic rings. The number of rotatable bonds is 8. The van der Waals surface area contributed by atoms with Crippen molar-refractivity contribution in [1.82, 2.24) is 15.2 Å². The maximum atomic E-state index is 12.6. The molecule has 2 aliphatic rings. The van der Waals surface area contributed by atoms with Crippen LogP contribution in [0, 0.1) is 0 Å². The average Bonchev–Trinajstić information content (AvgIpc) is 2.87. The highest BCUT2D eigenvalue weighted by Gasteiger charge is 2.28. The summed E-state index contributed by atoms with van der Waals surface area (Å²) in [6.07, 6.45) is 2.91. The van der Waals surface area contributed by atoms with E-state index in [1.165, 1.54) is 4.31 Å². The number of carbonyl (C=O) groups is 1. The van der Waals surface area contributed by atoms with Crippen LogP contribution in [-0.4, -0.2) is 74.3 Å². The normalized spacial score (nSPS) is 19.7. The Morgan fingerprint density at radius 2 is 1.94 bits per heavy atom. The zero-order valence-corrected chi connectivity index (χ0v) is 20.4. The van der Waals surface area contributed by atoms with E-state index in [2.05, 4.69) is 15.2 Å². The predicted molar refractivity (Wildman–Crippen MR) is 130 cm³/mol. The zero-order chi connectivity index (χ0) is 24.7. The number of anilines is 1. The summed E-state index contributed by atoms with van der Waals surface area (Å²) in [5.74, 6) is -0.0363. The van der Waals surface area contributed by atoms with Gasteiger partial charge in [-0.05, 0) is 36.5 Å². The van der Waals surface area contributed by atoms with Crippen LogP contribution in [0.15, 0.2) is 48.7 Å². The highest BCUT2D eigenvalue weighted by molar-refractivity contribution is 7.92. The van der Waals surface area contributed by atoms with E-state index in [9.17, 15) is 18.3 Å². The van der Waals surface area contributed by atoms with E-state index in [0.717, 1.165) is 43.6 Å². The van der Waals surface area contributed by atoms with Gasteiger partial charge in [0.05, 0.1) is 25.3 Å². The molecule has 2 fully saturated rings. The van der Waals surface area contributed by atoms with E-state index >= 15 is 0 Å². The summed E-state index contributed by atoms with van der Waals surface area (Å²) in [6, 6.07) is 12.5. The van der Waals surface area contributed by atoms with Crippen LogP contribution in [0.4, 0.5) is 10.6 Å². The first-order chi connectivity index (χ1) is 16.9. The third kappa shape index (κ3) is 7.14. The highest BCUT2D eigenvalue weighted by Crippen LogP contribution is 2.23. The summed E-state index contributed by atoms with van der Waals surface area (Å²) >= 11 is 0. The van der Waals surface area contributed by atoms with E-state index in [1.807, 2.05) is 30.3 Å². The summed E-state index contributed by atoms with van der Waals surface area (Å²) in [7, 11) is -3.56. The van der Waals surface area contributed by atoms with Crippen LogP contribution in [0.3, 0.4) is 0 Å². The quantitative estimate of drug-likeness (QED) is 0.560. The fraction of sp³-hybridized carbons (Fsp3) is 0.500. The number of likely N-dealkylation sites (tertiary alicyclic amines) is 1. The van der Waals surface area contributed by atoms with Gasteiger partial charge in [0.25, 0.3) is 10.0 Å². The molecule has 0 unspecified atom stereocenters. The molecular weight excluding hydrogens is 472 g/mol. The lowest BCUT2D eigenvalue weighted by Crippen LogP contribution is -2.41. The molecule has 0 spiro atoms. The molecule has 2 aliphatic heterocycles. The summed E-state index contributed by atoms with van der Waals surface area (Å²) in [5.41, 5.74) is 1.65. The molecule has 1 aromatic heterocycles. The molecular formula is C24H32N4O6S. The maximum Gasteiger partial charge on any atom is 0.407 e. The van der Waals surface area contributed by atoms with Gasteiger partial charge in [-0.3, -0.25) is 0 Å². The highest BCUT2D eigenvalue weighted by atomic mass is 32.2. The lowest BCUT2D eigenvalue weighted by Gasteiger charge is -2.31. The molecule has 0 bridgehead atoms. The molecule has 1 amide bonds. The van der Waals surface area contributed by atoms with Crippen LogP contribution in [-0.2, 0) is 26.1 Å². The van der Waals surface area contributed by atoms with Crippen molar-refractivity contribution >= 4 is 21.9 Å². The van der Waals surface area contributed by atoms with Crippen LogP contribution < -0.4 is 9.62 Å². The lowest BCUT2D eigenvalue weighted by molar-refractivity contribution is 0.0802. The number of hydrogen-bond acceptors (Lipinski definition) is 8. The molecule has 0 aliphatic carbocycles. The number of sulfonamides is 1. The predicted octanol–water partition coefficient (Wildman–Crippen LogP) is 2.02. The summed E-state index contributed by atoms with van der Waals surface area (Å²) in [4.78, 5) is 19.2. The van der Waals surface area contributed by atoms with Crippen LogP contribution >= 0.6 is 0 Å². The molecule has 11 heteroatoms. The standard InChI is InChI=1S/C24H32N4O6S/c29-21-8-11-27(12-9-21)13-10-22(26-24(30)34-17-19-4-2-1-3-5-19)20-6-7-23(25-16-20)28-14-15-33-18-35(28,31)32/h1-7,16,21-22,29H,8-15,17-18H2,(H,26,30)/t22-/m1/s1. The third-order valence-electron chi connectivity index (χ3n) is 6.23. The Balaban J connectivity index is 1.43. The minimum atomic E-state index is -3.56. The lowest BCUT2D eigenvalue weighted by atomic mass is 10.0. The van der Waals surface area contributed by atoms with Gasteiger partial charge in [-0.1, -0.05) is 36.4 Å². The second kappa shape index (κ2) is 11.8. The van der Waals surface area contributed by atoms with Gasteiger partial charge >= 0.3 is 6.09 Å². The number of ether oxygens (including phenoxy) is 2. The van der Waals surface area contributed by atoms with E-state index in [-0.39, 0.29) is 31.2 Å². The number of pyridine rings is 1. The first-order valence-electron chi connectivity index (χ1n) is 11.8. The van der Waals surface area contributed by atoms with Crippen molar-refractivity contribution < 1.29 is 27.8 Å². The van der Waals surface area contributed by atoms with Crippen molar-refractivity contribution in [1.29, 1.82) is 0 Å². The Hall–Kier alpha value is -2.73. The number of aromatic nitrogens is 1. The largest absolute Gasteiger partial charge is 0.445 e. The molecule has 10 nitrogen and oxygen atoms in total.